The number of piperazine rings is 1. The molecule has 108 valence electrons. The predicted octanol–water partition coefficient (Wildman–Crippen LogP) is 0.455. The fourth-order valence-electron chi connectivity index (χ4n) is 2.80. The second-order valence-corrected chi connectivity index (χ2v) is 5.81. The van der Waals surface area contributed by atoms with Crippen LogP contribution in [-0.4, -0.2) is 60.4 Å². The molecule has 2 amide bonds. The monoisotopic (exact) mass is 267 g/mol. The first-order valence-electron chi connectivity index (χ1n) is 7.40. The fourth-order valence-corrected chi connectivity index (χ4v) is 2.80. The number of piperidine rings is 1. The summed E-state index contributed by atoms with van der Waals surface area (Å²) < 4.78 is 0. The van der Waals surface area contributed by atoms with Crippen molar-refractivity contribution in [3.8, 4) is 0 Å². The van der Waals surface area contributed by atoms with E-state index in [4.69, 9.17) is 0 Å². The molecule has 0 saturated carbocycles. The molecule has 2 heterocycles. The Labute approximate surface area is 115 Å². The van der Waals surface area contributed by atoms with Crippen LogP contribution in [0.4, 0.5) is 0 Å². The molecule has 0 aromatic carbocycles. The van der Waals surface area contributed by atoms with Gasteiger partial charge in [0.05, 0.1) is 6.04 Å². The molecule has 0 radical (unpaired) electrons. The average Bonchev–Trinajstić information content (AvgIpc) is 2.46. The molecule has 0 spiro atoms. The molecule has 5 nitrogen and oxygen atoms in total. The molecule has 2 aliphatic heterocycles. The van der Waals surface area contributed by atoms with Crippen LogP contribution in [0.25, 0.3) is 0 Å². The van der Waals surface area contributed by atoms with Crippen molar-refractivity contribution < 1.29 is 9.59 Å². The van der Waals surface area contributed by atoms with Crippen molar-refractivity contribution in [1.29, 1.82) is 0 Å². The van der Waals surface area contributed by atoms with E-state index >= 15 is 0 Å². The van der Waals surface area contributed by atoms with E-state index in [1.807, 2.05) is 23.6 Å². The van der Waals surface area contributed by atoms with Crippen molar-refractivity contribution >= 4 is 11.8 Å². The fraction of sp³-hybridized carbons (Fsp3) is 0.857. The molecule has 0 aromatic rings. The standard InChI is InChI=1S/C14H25N3O2/c1-11(2)13(18)16-7-9-17(10-8-16)14(19)12-5-3-4-6-15-12/h11-12,15H,3-10H2,1-2H3. The highest BCUT2D eigenvalue weighted by molar-refractivity contribution is 5.83. The number of carbonyl (C=O) groups is 2. The van der Waals surface area contributed by atoms with E-state index in [-0.39, 0.29) is 23.8 Å². The molecule has 0 aliphatic carbocycles. The highest BCUT2D eigenvalue weighted by Crippen LogP contribution is 2.13. The molecule has 2 aliphatic rings. The van der Waals surface area contributed by atoms with Crippen LogP contribution in [-0.2, 0) is 9.59 Å². The van der Waals surface area contributed by atoms with Crippen LogP contribution >= 0.6 is 0 Å². The molecular weight excluding hydrogens is 242 g/mol. The number of amides is 2. The van der Waals surface area contributed by atoms with Crippen LogP contribution in [0.1, 0.15) is 33.1 Å². The third kappa shape index (κ3) is 3.47. The van der Waals surface area contributed by atoms with Gasteiger partial charge in [0.1, 0.15) is 0 Å². The SMILES string of the molecule is CC(C)C(=O)N1CCN(C(=O)C2CCCCN2)CC1. The summed E-state index contributed by atoms with van der Waals surface area (Å²) in [6.45, 7) is 7.50. The van der Waals surface area contributed by atoms with E-state index in [2.05, 4.69) is 5.32 Å². The molecule has 2 saturated heterocycles. The van der Waals surface area contributed by atoms with Crippen molar-refractivity contribution in [1.82, 2.24) is 15.1 Å². The van der Waals surface area contributed by atoms with Gasteiger partial charge in [0.15, 0.2) is 0 Å². The minimum absolute atomic E-state index is 0.00102. The maximum Gasteiger partial charge on any atom is 0.239 e. The minimum atomic E-state index is 0.00102. The number of hydrogen-bond donors (Lipinski definition) is 1. The van der Waals surface area contributed by atoms with Crippen molar-refractivity contribution in [2.45, 2.75) is 39.2 Å². The summed E-state index contributed by atoms with van der Waals surface area (Å²) in [6.07, 6.45) is 3.25. The summed E-state index contributed by atoms with van der Waals surface area (Å²) in [5.41, 5.74) is 0. The van der Waals surface area contributed by atoms with Gasteiger partial charge in [-0.25, -0.2) is 0 Å². The first kappa shape index (κ1) is 14.3. The lowest BCUT2D eigenvalue weighted by Gasteiger charge is -2.37. The molecule has 2 fully saturated rings. The van der Waals surface area contributed by atoms with Crippen molar-refractivity contribution in [3.05, 3.63) is 0 Å². The van der Waals surface area contributed by atoms with Gasteiger partial charge in [-0.2, -0.15) is 0 Å². The number of rotatable bonds is 2. The molecule has 0 aromatic heterocycles. The van der Waals surface area contributed by atoms with E-state index in [1.165, 1.54) is 6.42 Å². The van der Waals surface area contributed by atoms with Gasteiger partial charge in [0.25, 0.3) is 0 Å². The van der Waals surface area contributed by atoms with Gasteiger partial charge in [-0.15, -0.1) is 0 Å². The predicted molar refractivity (Wildman–Crippen MR) is 73.6 cm³/mol. The van der Waals surface area contributed by atoms with Crippen LogP contribution in [0.2, 0.25) is 0 Å². The topological polar surface area (TPSA) is 52.7 Å². The van der Waals surface area contributed by atoms with E-state index in [0.29, 0.717) is 26.2 Å². The molecule has 5 heteroatoms. The summed E-state index contributed by atoms with van der Waals surface area (Å²) in [5.74, 6) is 0.460. The van der Waals surface area contributed by atoms with Gasteiger partial charge in [-0.3, -0.25) is 9.59 Å². The van der Waals surface area contributed by atoms with Crippen LogP contribution in [0.15, 0.2) is 0 Å². The lowest BCUT2D eigenvalue weighted by molar-refractivity contribution is -0.142. The Kier molecular flexibility index (Phi) is 4.80. The Morgan fingerprint density at radius 3 is 2.21 bits per heavy atom. The molecule has 1 atom stereocenters. The highest BCUT2D eigenvalue weighted by atomic mass is 16.2. The quantitative estimate of drug-likeness (QED) is 0.790. The van der Waals surface area contributed by atoms with Gasteiger partial charge < -0.3 is 15.1 Å². The van der Waals surface area contributed by atoms with Gasteiger partial charge in [-0.05, 0) is 19.4 Å². The molecular formula is C14H25N3O2. The van der Waals surface area contributed by atoms with E-state index < -0.39 is 0 Å². The smallest absolute Gasteiger partial charge is 0.239 e. The summed E-state index contributed by atoms with van der Waals surface area (Å²) in [7, 11) is 0. The lowest BCUT2D eigenvalue weighted by atomic mass is 10.0. The Morgan fingerprint density at radius 1 is 1.05 bits per heavy atom. The molecule has 1 N–H and O–H groups in total. The zero-order valence-corrected chi connectivity index (χ0v) is 12.0. The molecule has 19 heavy (non-hydrogen) atoms. The van der Waals surface area contributed by atoms with Gasteiger partial charge in [-0.1, -0.05) is 20.3 Å². The highest BCUT2D eigenvalue weighted by Gasteiger charge is 2.29. The maximum atomic E-state index is 12.3. The number of nitrogens with zero attached hydrogens (tertiary/aromatic N) is 2. The third-order valence-electron chi connectivity index (χ3n) is 4.01. The first-order chi connectivity index (χ1) is 9.09. The summed E-state index contributed by atoms with van der Waals surface area (Å²) in [5, 5.41) is 3.30. The maximum absolute atomic E-state index is 12.3. The zero-order chi connectivity index (χ0) is 13.8. The Hall–Kier alpha value is -1.10. The number of hydrogen-bond acceptors (Lipinski definition) is 3. The summed E-state index contributed by atoms with van der Waals surface area (Å²) >= 11 is 0. The Balaban J connectivity index is 1.82. The molecule has 0 bridgehead atoms. The van der Waals surface area contributed by atoms with Crippen LogP contribution in [0, 0.1) is 5.92 Å². The third-order valence-corrected chi connectivity index (χ3v) is 4.01. The van der Waals surface area contributed by atoms with Gasteiger partial charge >= 0.3 is 0 Å². The van der Waals surface area contributed by atoms with E-state index in [9.17, 15) is 9.59 Å². The summed E-state index contributed by atoms with van der Waals surface area (Å²) in [4.78, 5) is 28.0. The first-order valence-corrected chi connectivity index (χ1v) is 7.40. The Morgan fingerprint density at radius 2 is 1.68 bits per heavy atom. The van der Waals surface area contributed by atoms with Crippen molar-refractivity contribution in [2.75, 3.05) is 32.7 Å². The zero-order valence-electron chi connectivity index (χ0n) is 12.0. The summed E-state index contributed by atoms with van der Waals surface area (Å²) in [6, 6.07) is 0.00102. The Bertz CT molecular complexity index is 330. The number of carbonyl (C=O) groups excluding carboxylic acids is 2. The van der Waals surface area contributed by atoms with Crippen LogP contribution < -0.4 is 5.32 Å². The van der Waals surface area contributed by atoms with Crippen molar-refractivity contribution in [2.24, 2.45) is 5.92 Å². The number of nitrogens with one attached hydrogen (secondary N) is 1. The lowest BCUT2D eigenvalue weighted by Crippen LogP contribution is -2.56. The minimum Gasteiger partial charge on any atom is -0.339 e. The van der Waals surface area contributed by atoms with E-state index in [0.717, 1.165) is 19.4 Å². The van der Waals surface area contributed by atoms with E-state index in [1.54, 1.807) is 0 Å². The van der Waals surface area contributed by atoms with Crippen molar-refractivity contribution in [3.63, 3.8) is 0 Å². The van der Waals surface area contributed by atoms with Crippen LogP contribution in [0.3, 0.4) is 0 Å². The largest absolute Gasteiger partial charge is 0.339 e. The van der Waals surface area contributed by atoms with Gasteiger partial charge in [0.2, 0.25) is 11.8 Å². The normalized spacial score (nSPS) is 24.7. The molecule has 1 unspecified atom stereocenters. The second kappa shape index (κ2) is 6.37. The van der Waals surface area contributed by atoms with Crippen LogP contribution in [0.5, 0.6) is 0 Å². The average molecular weight is 267 g/mol. The molecule has 2 rings (SSSR count). The van der Waals surface area contributed by atoms with Gasteiger partial charge in [0, 0.05) is 32.1 Å². The second-order valence-electron chi connectivity index (χ2n) is 5.81.